The Morgan fingerprint density at radius 3 is 2.91 bits per heavy atom. The molecule has 7 heteroatoms. The molecular formula is C16H20ClN3O3. The second-order valence-electron chi connectivity index (χ2n) is 5.55. The highest BCUT2D eigenvalue weighted by atomic mass is 35.5. The average Bonchev–Trinajstić information content (AvgIpc) is 2.87. The molecule has 0 fully saturated rings. The maximum absolute atomic E-state index is 10.4. The van der Waals surface area contributed by atoms with Gasteiger partial charge in [-0.1, -0.05) is 11.6 Å². The van der Waals surface area contributed by atoms with Crippen LogP contribution < -0.4 is 14.8 Å². The molecule has 1 aromatic heterocycles. The van der Waals surface area contributed by atoms with Crippen LogP contribution in [0.2, 0.25) is 5.02 Å². The Bertz CT molecular complexity index is 702. The molecule has 6 nitrogen and oxygen atoms in total. The molecule has 2 aromatic rings. The Labute approximate surface area is 140 Å². The van der Waals surface area contributed by atoms with E-state index in [-0.39, 0.29) is 0 Å². The van der Waals surface area contributed by atoms with Crippen LogP contribution in [0.1, 0.15) is 22.9 Å². The highest BCUT2D eigenvalue weighted by Gasteiger charge is 2.19. The van der Waals surface area contributed by atoms with Crippen molar-refractivity contribution in [3.63, 3.8) is 0 Å². The Morgan fingerprint density at radius 1 is 1.39 bits per heavy atom. The fourth-order valence-electron chi connectivity index (χ4n) is 2.50. The summed E-state index contributed by atoms with van der Waals surface area (Å²) in [6, 6.07) is 3.50. The first-order chi connectivity index (χ1) is 11.1. The van der Waals surface area contributed by atoms with Gasteiger partial charge in [-0.15, -0.1) is 0 Å². The number of fused-ring (bicyclic) bond motifs is 1. The van der Waals surface area contributed by atoms with E-state index >= 15 is 0 Å². The molecule has 0 aliphatic carbocycles. The Kier molecular flexibility index (Phi) is 4.75. The molecule has 2 heterocycles. The van der Waals surface area contributed by atoms with Crippen molar-refractivity contribution in [2.75, 3.05) is 19.8 Å². The maximum Gasteiger partial charge on any atom is 0.179 e. The molecule has 1 aromatic carbocycles. The third kappa shape index (κ3) is 3.44. The zero-order valence-corrected chi connectivity index (χ0v) is 13.9. The van der Waals surface area contributed by atoms with Crippen LogP contribution in [-0.2, 0) is 13.6 Å². The molecule has 0 saturated heterocycles. The molecule has 1 aliphatic heterocycles. The van der Waals surface area contributed by atoms with Gasteiger partial charge in [-0.3, -0.25) is 4.68 Å². The average molecular weight is 338 g/mol. The van der Waals surface area contributed by atoms with Gasteiger partial charge in [-0.05, 0) is 24.6 Å². The molecule has 0 amide bonds. The molecule has 1 aliphatic rings. The van der Waals surface area contributed by atoms with Crippen molar-refractivity contribution in [1.29, 1.82) is 0 Å². The number of halogens is 1. The van der Waals surface area contributed by atoms with Crippen LogP contribution in [0, 0.1) is 6.92 Å². The Hall–Kier alpha value is -1.76. The van der Waals surface area contributed by atoms with Crippen LogP contribution in [-0.4, -0.2) is 34.6 Å². The molecule has 124 valence electrons. The van der Waals surface area contributed by atoms with Gasteiger partial charge >= 0.3 is 0 Å². The highest BCUT2D eigenvalue weighted by molar-refractivity contribution is 6.32. The van der Waals surface area contributed by atoms with E-state index in [2.05, 4.69) is 10.4 Å². The van der Waals surface area contributed by atoms with E-state index < -0.39 is 6.10 Å². The maximum atomic E-state index is 10.4. The van der Waals surface area contributed by atoms with Crippen molar-refractivity contribution in [2.45, 2.75) is 19.6 Å². The summed E-state index contributed by atoms with van der Waals surface area (Å²) >= 11 is 6.20. The highest BCUT2D eigenvalue weighted by Crippen LogP contribution is 2.39. The van der Waals surface area contributed by atoms with Gasteiger partial charge in [0.15, 0.2) is 11.5 Å². The minimum absolute atomic E-state index is 0.407. The number of rotatable bonds is 5. The predicted octanol–water partition coefficient (Wildman–Crippen LogP) is 1.98. The normalized spacial score (nSPS) is 14.8. The van der Waals surface area contributed by atoms with Crippen LogP contribution in [0.15, 0.2) is 18.3 Å². The van der Waals surface area contributed by atoms with E-state index in [0.29, 0.717) is 48.4 Å². The summed E-state index contributed by atoms with van der Waals surface area (Å²) < 4.78 is 12.8. The number of benzene rings is 1. The predicted molar refractivity (Wildman–Crippen MR) is 87.1 cm³/mol. The molecule has 1 unspecified atom stereocenters. The minimum atomic E-state index is -0.680. The van der Waals surface area contributed by atoms with Crippen molar-refractivity contribution >= 4 is 11.6 Å². The first-order valence-electron chi connectivity index (χ1n) is 7.51. The second-order valence-corrected chi connectivity index (χ2v) is 5.96. The van der Waals surface area contributed by atoms with E-state index in [1.54, 1.807) is 12.1 Å². The fourth-order valence-corrected chi connectivity index (χ4v) is 2.78. The van der Waals surface area contributed by atoms with E-state index in [1.807, 2.05) is 24.9 Å². The van der Waals surface area contributed by atoms with Crippen LogP contribution in [0.3, 0.4) is 0 Å². The molecular weight excluding hydrogens is 318 g/mol. The topological polar surface area (TPSA) is 68.5 Å². The number of hydrogen-bond donors (Lipinski definition) is 2. The monoisotopic (exact) mass is 337 g/mol. The lowest BCUT2D eigenvalue weighted by Crippen LogP contribution is -2.22. The largest absolute Gasteiger partial charge is 0.486 e. The quantitative estimate of drug-likeness (QED) is 0.873. The van der Waals surface area contributed by atoms with Gasteiger partial charge in [0, 0.05) is 31.4 Å². The van der Waals surface area contributed by atoms with Gasteiger partial charge in [0.2, 0.25) is 0 Å². The number of nitrogens with zero attached hydrogens (tertiary/aromatic N) is 2. The Balaban J connectivity index is 1.63. The van der Waals surface area contributed by atoms with Gasteiger partial charge in [-0.25, -0.2) is 0 Å². The lowest BCUT2D eigenvalue weighted by Gasteiger charge is -2.21. The number of ether oxygens (including phenoxy) is 2. The molecule has 3 rings (SSSR count). The Morgan fingerprint density at radius 2 is 2.17 bits per heavy atom. The number of aliphatic hydroxyl groups excluding tert-OH is 1. The van der Waals surface area contributed by atoms with Crippen LogP contribution in [0.25, 0.3) is 0 Å². The molecule has 0 saturated carbocycles. The lowest BCUT2D eigenvalue weighted by atomic mass is 10.1. The molecule has 0 radical (unpaired) electrons. The molecule has 0 bridgehead atoms. The first kappa shape index (κ1) is 16.1. The third-order valence-electron chi connectivity index (χ3n) is 3.99. The van der Waals surface area contributed by atoms with Crippen molar-refractivity contribution in [2.24, 2.45) is 7.05 Å². The number of aliphatic hydroxyl groups is 1. The lowest BCUT2D eigenvalue weighted by molar-refractivity contribution is 0.163. The minimum Gasteiger partial charge on any atom is -0.486 e. The number of nitrogens with one attached hydrogen (secondary N) is 1. The number of aromatic nitrogens is 2. The zero-order chi connectivity index (χ0) is 16.4. The van der Waals surface area contributed by atoms with E-state index in [0.717, 1.165) is 11.3 Å². The van der Waals surface area contributed by atoms with Crippen LogP contribution in [0.5, 0.6) is 11.5 Å². The van der Waals surface area contributed by atoms with E-state index in [9.17, 15) is 5.11 Å². The molecule has 0 spiro atoms. The van der Waals surface area contributed by atoms with Crippen LogP contribution >= 0.6 is 11.6 Å². The zero-order valence-electron chi connectivity index (χ0n) is 13.2. The van der Waals surface area contributed by atoms with Crippen molar-refractivity contribution in [1.82, 2.24) is 15.1 Å². The third-order valence-corrected chi connectivity index (χ3v) is 4.27. The smallest absolute Gasteiger partial charge is 0.179 e. The van der Waals surface area contributed by atoms with Gasteiger partial charge in [-0.2, -0.15) is 5.10 Å². The molecule has 23 heavy (non-hydrogen) atoms. The standard InChI is InChI=1S/C16H20ClN3O3/c1-10-12(8-19-20(10)2)7-18-9-14(21)11-5-13(17)16-15(6-11)22-3-4-23-16/h5-6,8,14,18,21H,3-4,7,9H2,1-2H3. The summed E-state index contributed by atoms with van der Waals surface area (Å²) in [6.07, 6.45) is 1.15. The van der Waals surface area contributed by atoms with E-state index in [4.69, 9.17) is 21.1 Å². The number of hydrogen-bond acceptors (Lipinski definition) is 5. The summed E-state index contributed by atoms with van der Waals surface area (Å²) in [4.78, 5) is 0. The number of aryl methyl sites for hydroxylation is 1. The summed E-state index contributed by atoms with van der Waals surface area (Å²) in [6.45, 7) is 4.04. The van der Waals surface area contributed by atoms with Crippen molar-refractivity contribution in [3.05, 3.63) is 40.2 Å². The van der Waals surface area contributed by atoms with Gasteiger partial charge < -0.3 is 19.9 Å². The second kappa shape index (κ2) is 6.78. The summed E-state index contributed by atoms with van der Waals surface area (Å²) in [7, 11) is 1.91. The van der Waals surface area contributed by atoms with Crippen LogP contribution in [0.4, 0.5) is 0 Å². The molecule has 1 atom stereocenters. The van der Waals surface area contributed by atoms with Gasteiger partial charge in [0.25, 0.3) is 0 Å². The van der Waals surface area contributed by atoms with Crippen molar-refractivity contribution in [3.8, 4) is 11.5 Å². The van der Waals surface area contributed by atoms with E-state index in [1.165, 1.54) is 0 Å². The van der Waals surface area contributed by atoms with Gasteiger partial charge in [0.1, 0.15) is 13.2 Å². The summed E-state index contributed by atoms with van der Waals surface area (Å²) in [5.41, 5.74) is 2.92. The molecule has 2 N–H and O–H groups in total. The fraction of sp³-hybridized carbons (Fsp3) is 0.438. The summed E-state index contributed by atoms with van der Waals surface area (Å²) in [5, 5.41) is 18.3. The van der Waals surface area contributed by atoms with Crippen molar-refractivity contribution < 1.29 is 14.6 Å². The first-order valence-corrected chi connectivity index (χ1v) is 7.89. The van der Waals surface area contributed by atoms with Gasteiger partial charge in [0.05, 0.1) is 17.3 Å². The SMILES string of the molecule is Cc1c(CNCC(O)c2cc(Cl)c3c(c2)OCCO3)cnn1C. The summed E-state index contributed by atoms with van der Waals surface area (Å²) in [5.74, 6) is 1.13.